The van der Waals surface area contributed by atoms with Gasteiger partial charge in [0.1, 0.15) is 12.4 Å². The molecule has 0 spiro atoms. The fourth-order valence-electron chi connectivity index (χ4n) is 4.50. The number of aliphatic imine (C=N–C) groups is 1. The van der Waals surface area contributed by atoms with E-state index in [0.717, 1.165) is 76.1 Å². The Morgan fingerprint density at radius 2 is 2.10 bits per heavy atom. The van der Waals surface area contributed by atoms with Crippen molar-refractivity contribution in [2.45, 2.75) is 57.2 Å². The Morgan fingerprint density at radius 1 is 1.29 bits per heavy atom. The molecule has 0 radical (unpaired) electrons. The third-order valence-corrected chi connectivity index (χ3v) is 6.24. The lowest BCUT2D eigenvalue weighted by Gasteiger charge is -2.37. The zero-order valence-corrected chi connectivity index (χ0v) is 18.6. The van der Waals surface area contributed by atoms with Crippen molar-refractivity contribution in [1.82, 2.24) is 25.4 Å². The molecule has 2 aromatic rings. The molecule has 0 aliphatic carbocycles. The number of hydrogen-bond acceptors (Lipinski definition) is 5. The van der Waals surface area contributed by atoms with Crippen LogP contribution in [0.5, 0.6) is 0 Å². The molecule has 4 rings (SSSR count). The molecule has 1 aromatic heterocycles. The molecule has 0 amide bonds. The molecule has 2 aliphatic rings. The third kappa shape index (κ3) is 5.25. The van der Waals surface area contributed by atoms with Crippen molar-refractivity contribution in [1.29, 1.82) is 0 Å². The van der Waals surface area contributed by atoms with Crippen molar-refractivity contribution in [3.8, 4) is 0 Å². The van der Waals surface area contributed by atoms with Crippen molar-refractivity contribution in [2.24, 2.45) is 4.99 Å². The van der Waals surface area contributed by atoms with Crippen LogP contribution in [0, 0.1) is 0 Å². The average molecular weight is 427 g/mol. The zero-order valence-electron chi connectivity index (χ0n) is 18.6. The first kappa shape index (κ1) is 21.8. The Bertz CT molecular complexity index is 860. The molecule has 1 unspecified atom stereocenters. The van der Waals surface area contributed by atoms with E-state index in [2.05, 4.69) is 58.0 Å². The van der Waals surface area contributed by atoms with E-state index < -0.39 is 0 Å². The van der Waals surface area contributed by atoms with Gasteiger partial charge in [-0.05, 0) is 31.7 Å². The first-order chi connectivity index (χ1) is 15.2. The number of fused-ring (bicyclic) bond motifs is 1. The van der Waals surface area contributed by atoms with Gasteiger partial charge in [-0.2, -0.15) is 5.10 Å². The summed E-state index contributed by atoms with van der Waals surface area (Å²) in [7, 11) is 1.67. The van der Waals surface area contributed by atoms with Gasteiger partial charge in [0.15, 0.2) is 11.8 Å². The van der Waals surface area contributed by atoms with E-state index in [9.17, 15) is 0 Å². The fourth-order valence-corrected chi connectivity index (χ4v) is 4.50. The van der Waals surface area contributed by atoms with Gasteiger partial charge >= 0.3 is 0 Å². The SMILES string of the molecule is CCNC(=NCC1(c2ccccc2)CCOCC1)NC1CCc2nc(COC)nn2C1. The number of benzene rings is 1. The maximum absolute atomic E-state index is 5.67. The van der Waals surface area contributed by atoms with Gasteiger partial charge in [0.05, 0.1) is 13.1 Å². The molecular formula is C23H34N6O2. The lowest BCUT2D eigenvalue weighted by molar-refractivity contribution is 0.0531. The number of guanidine groups is 1. The molecule has 168 valence electrons. The topological polar surface area (TPSA) is 85.6 Å². The number of nitrogens with zero attached hydrogens (tertiary/aromatic N) is 4. The van der Waals surface area contributed by atoms with Crippen LogP contribution in [0.15, 0.2) is 35.3 Å². The van der Waals surface area contributed by atoms with Crippen LogP contribution >= 0.6 is 0 Å². The molecule has 1 aromatic carbocycles. The van der Waals surface area contributed by atoms with Crippen molar-refractivity contribution in [3.05, 3.63) is 47.5 Å². The Hall–Kier alpha value is -2.45. The normalized spacial score (nSPS) is 20.8. The summed E-state index contributed by atoms with van der Waals surface area (Å²) in [5, 5.41) is 11.6. The number of aromatic nitrogens is 3. The smallest absolute Gasteiger partial charge is 0.191 e. The minimum absolute atomic E-state index is 0.0303. The molecule has 0 bridgehead atoms. The zero-order chi connectivity index (χ0) is 21.5. The summed E-state index contributed by atoms with van der Waals surface area (Å²) in [6.07, 6.45) is 3.90. The highest BCUT2D eigenvalue weighted by molar-refractivity contribution is 5.80. The summed E-state index contributed by atoms with van der Waals surface area (Å²) in [5.41, 5.74) is 1.39. The van der Waals surface area contributed by atoms with Crippen LogP contribution < -0.4 is 10.6 Å². The molecule has 1 fully saturated rings. The molecule has 31 heavy (non-hydrogen) atoms. The van der Waals surface area contributed by atoms with Crippen LogP contribution in [0.2, 0.25) is 0 Å². The summed E-state index contributed by atoms with van der Waals surface area (Å²) in [6.45, 7) is 6.49. The van der Waals surface area contributed by atoms with Gasteiger partial charge in [-0.15, -0.1) is 0 Å². The Labute approximate surface area is 184 Å². The lowest BCUT2D eigenvalue weighted by atomic mass is 9.74. The van der Waals surface area contributed by atoms with Gasteiger partial charge < -0.3 is 20.1 Å². The van der Waals surface area contributed by atoms with Gasteiger partial charge in [-0.3, -0.25) is 4.99 Å². The molecule has 8 heteroatoms. The second-order valence-electron chi connectivity index (χ2n) is 8.39. The molecule has 3 heterocycles. The molecule has 1 saturated heterocycles. The van der Waals surface area contributed by atoms with E-state index >= 15 is 0 Å². The first-order valence-corrected chi connectivity index (χ1v) is 11.3. The van der Waals surface area contributed by atoms with Crippen LogP contribution in [0.3, 0.4) is 0 Å². The van der Waals surface area contributed by atoms with Crippen LogP contribution in [0.1, 0.15) is 43.4 Å². The lowest BCUT2D eigenvalue weighted by Crippen LogP contribution is -2.48. The van der Waals surface area contributed by atoms with E-state index in [1.807, 2.05) is 4.68 Å². The number of nitrogens with one attached hydrogen (secondary N) is 2. The quantitative estimate of drug-likeness (QED) is 0.521. The van der Waals surface area contributed by atoms with Crippen LogP contribution in [-0.4, -0.2) is 60.2 Å². The van der Waals surface area contributed by atoms with Crippen LogP contribution in [0.4, 0.5) is 0 Å². The summed E-state index contributed by atoms with van der Waals surface area (Å²) in [4.78, 5) is 9.62. The molecule has 2 N–H and O–H groups in total. The predicted octanol–water partition coefficient (Wildman–Crippen LogP) is 2.04. The van der Waals surface area contributed by atoms with E-state index in [1.54, 1.807) is 7.11 Å². The highest BCUT2D eigenvalue weighted by Crippen LogP contribution is 2.35. The number of ether oxygens (including phenoxy) is 2. The number of aryl methyl sites for hydroxylation is 1. The van der Waals surface area contributed by atoms with Gasteiger partial charge in [0, 0.05) is 44.7 Å². The first-order valence-electron chi connectivity index (χ1n) is 11.3. The van der Waals surface area contributed by atoms with E-state index in [0.29, 0.717) is 6.61 Å². The Kier molecular flexibility index (Phi) is 7.19. The van der Waals surface area contributed by atoms with Crippen molar-refractivity contribution in [2.75, 3.05) is 33.4 Å². The van der Waals surface area contributed by atoms with Crippen molar-refractivity contribution >= 4 is 5.96 Å². The predicted molar refractivity (Wildman–Crippen MR) is 120 cm³/mol. The van der Waals surface area contributed by atoms with Gasteiger partial charge in [-0.25, -0.2) is 9.67 Å². The molecule has 8 nitrogen and oxygen atoms in total. The van der Waals surface area contributed by atoms with E-state index in [4.69, 9.17) is 14.5 Å². The Morgan fingerprint density at radius 3 is 2.84 bits per heavy atom. The number of methoxy groups -OCH3 is 1. The summed E-state index contributed by atoms with van der Waals surface area (Å²) in [5.74, 6) is 2.66. The fraction of sp³-hybridized carbons (Fsp3) is 0.609. The van der Waals surface area contributed by atoms with Crippen molar-refractivity contribution < 1.29 is 9.47 Å². The molecular weight excluding hydrogens is 392 g/mol. The van der Waals surface area contributed by atoms with E-state index in [-0.39, 0.29) is 11.5 Å². The summed E-state index contributed by atoms with van der Waals surface area (Å²) >= 11 is 0. The number of rotatable bonds is 7. The Balaban J connectivity index is 1.46. The summed E-state index contributed by atoms with van der Waals surface area (Å²) < 4.78 is 12.8. The monoisotopic (exact) mass is 426 g/mol. The standard InChI is InChI=1S/C23H34N6O2/c1-3-24-22(26-19-9-10-21-27-20(16-30-2)28-29(21)15-19)25-17-23(11-13-31-14-12-23)18-7-5-4-6-8-18/h4-8,19H,3,9-17H2,1-2H3,(H2,24,25,26). The van der Waals surface area contributed by atoms with Gasteiger partial charge in [0.2, 0.25) is 0 Å². The maximum atomic E-state index is 5.67. The summed E-state index contributed by atoms with van der Waals surface area (Å²) in [6, 6.07) is 11.0. The van der Waals surface area contributed by atoms with Gasteiger partial charge in [0.25, 0.3) is 0 Å². The second kappa shape index (κ2) is 10.2. The molecule has 2 aliphatic heterocycles. The number of hydrogen-bond donors (Lipinski definition) is 2. The molecule has 1 atom stereocenters. The van der Waals surface area contributed by atoms with Crippen LogP contribution in [-0.2, 0) is 34.5 Å². The minimum Gasteiger partial charge on any atom is -0.381 e. The highest BCUT2D eigenvalue weighted by Gasteiger charge is 2.34. The van der Waals surface area contributed by atoms with Crippen molar-refractivity contribution in [3.63, 3.8) is 0 Å². The van der Waals surface area contributed by atoms with Crippen LogP contribution in [0.25, 0.3) is 0 Å². The van der Waals surface area contributed by atoms with Gasteiger partial charge in [-0.1, -0.05) is 30.3 Å². The largest absolute Gasteiger partial charge is 0.381 e. The highest BCUT2D eigenvalue weighted by atomic mass is 16.5. The third-order valence-electron chi connectivity index (χ3n) is 6.24. The maximum Gasteiger partial charge on any atom is 0.191 e. The second-order valence-corrected chi connectivity index (χ2v) is 8.39. The molecule has 0 saturated carbocycles. The van der Waals surface area contributed by atoms with E-state index in [1.165, 1.54) is 5.56 Å². The minimum atomic E-state index is 0.0303. The average Bonchev–Trinajstić information content (AvgIpc) is 3.21.